The number of ether oxygens (including phenoxy) is 1. The Morgan fingerprint density at radius 1 is 1.30 bits per heavy atom. The fraction of sp³-hybridized carbons (Fsp3) is 0.929. The van der Waals surface area contributed by atoms with Crippen LogP contribution in [-0.4, -0.2) is 62.8 Å². The first kappa shape index (κ1) is 22.2. The molecular formula is C14H33IN4O. The Bertz CT molecular complexity index is 270. The monoisotopic (exact) mass is 400 g/mol. The van der Waals surface area contributed by atoms with Gasteiger partial charge in [0.25, 0.3) is 0 Å². The van der Waals surface area contributed by atoms with Crippen molar-refractivity contribution in [1.82, 2.24) is 15.5 Å². The molecule has 5 nitrogen and oxygen atoms in total. The summed E-state index contributed by atoms with van der Waals surface area (Å²) in [6, 6.07) is 0.564. The van der Waals surface area contributed by atoms with Crippen molar-refractivity contribution in [3.8, 4) is 0 Å². The fourth-order valence-corrected chi connectivity index (χ4v) is 1.28. The minimum atomic E-state index is -0.225. The molecule has 0 saturated carbocycles. The number of halogens is 1. The number of guanidine groups is 1. The third kappa shape index (κ3) is 10.7. The number of hydrogen-bond acceptors (Lipinski definition) is 3. The standard InChI is InChI=1S/C14H32N4O.HI/c1-8-15-13(17-11-14(4,5)19-7)16-9-10-18(6)12(2)3;/h12H,8-11H2,1-7H3,(H2,15,16,17);1H. The first-order chi connectivity index (χ1) is 8.82. The predicted molar refractivity (Wildman–Crippen MR) is 98.3 cm³/mol. The lowest BCUT2D eigenvalue weighted by Crippen LogP contribution is -2.43. The Balaban J connectivity index is 0. The maximum Gasteiger partial charge on any atom is 0.191 e. The smallest absolute Gasteiger partial charge is 0.191 e. The summed E-state index contributed by atoms with van der Waals surface area (Å²) in [5.74, 6) is 0.852. The summed E-state index contributed by atoms with van der Waals surface area (Å²) in [7, 11) is 3.85. The maximum absolute atomic E-state index is 5.37. The van der Waals surface area contributed by atoms with Crippen molar-refractivity contribution in [1.29, 1.82) is 0 Å². The average molecular weight is 400 g/mol. The quantitative estimate of drug-likeness (QED) is 0.372. The fourth-order valence-electron chi connectivity index (χ4n) is 1.28. The van der Waals surface area contributed by atoms with E-state index in [1.54, 1.807) is 7.11 Å². The zero-order chi connectivity index (χ0) is 14.9. The van der Waals surface area contributed by atoms with Gasteiger partial charge in [0.2, 0.25) is 0 Å². The molecule has 0 aromatic carbocycles. The molecule has 0 radical (unpaired) electrons. The van der Waals surface area contributed by atoms with Crippen molar-refractivity contribution < 1.29 is 4.74 Å². The molecule has 0 heterocycles. The summed E-state index contributed by atoms with van der Waals surface area (Å²) in [6.07, 6.45) is 0. The largest absolute Gasteiger partial charge is 0.377 e. The van der Waals surface area contributed by atoms with Crippen molar-refractivity contribution in [3.63, 3.8) is 0 Å². The molecule has 0 unspecified atom stereocenters. The Morgan fingerprint density at radius 2 is 1.90 bits per heavy atom. The first-order valence-corrected chi connectivity index (χ1v) is 7.10. The van der Waals surface area contributed by atoms with E-state index in [4.69, 9.17) is 4.74 Å². The van der Waals surface area contributed by atoms with Gasteiger partial charge in [0.05, 0.1) is 12.1 Å². The number of nitrogens with zero attached hydrogens (tertiary/aromatic N) is 2. The Kier molecular flexibility index (Phi) is 12.8. The minimum absolute atomic E-state index is 0. The van der Waals surface area contributed by atoms with E-state index in [-0.39, 0.29) is 29.6 Å². The molecule has 0 aliphatic rings. The van der Waals surface area contributed by atoms with Gasteiger partial charge in [0.1, 0.15) is 0 Å². The SMILES string of the molecule is CCNC(=NCC(C)(C)OC)NCCN(C)C(C)C.I. The predicted octanol–water partition coefficient (Wildman–Crippen LogP) is 1.92. The summed E-state index contributed by atoms with van der Waals surface area (Å²) in [4.78, 5) is 6.85. The summed E-state index contributed by atoms with van der Waals surface area (Å²) in [5, 5.41) is 6.59. The number of rotatable bonds is 8. The lowest BCUT2D eigenvalue weighted by Gasteiger charge is -2.23. The molecule has 0 spiro atoms. The van der Waals surface area contributed by atoms with Crippen LogP contribution in [0.25, 0.3) is 0 Å². The molecule has 20 heavy (non-hydrogen) atoms. The van der Waals surface area contributed by atoms with Crippen molar-refractivity contribution in [2.75, 3.05) is 40.3 Å². The normalized spacial score (nSPS) is 12.6. The molecule has 122 valence electrons. The summed E-state index contributed by atoms with van der Waals surface area (Å²) >= 11 is 0. The van der Waals surface area contributed by atoms with Crippen LogP contribution in [0.3, 0.4) is 0 Å². The van der Waals surface area contributed by atoms with Gasteiger partial charge < -0.3 is 20.3 Å². The van der Waals surface area contributed by atoms with Gasteiger partial charge in [0, 0.05) is 32.8 Å². The summed E-state index contributed by atoms with van der Waals surface area (Å²) in [6.45, 7) is 13.9. The minimum Gasteiger partial charge on any atom is -0.377 e. The zero-order valence-corrected chi connectivity index (χ0v) is 16.4. The van der Waals surface area contributed by atoms with Gasteiger partial charge in [-0.2, -0.15) is 0 Å². The van der Waals surface area contributed by atoms with Crippen LogP contribution < -0.4 is 10.6 Å². The van der Waals surface area contributed by atoms with Gasteiger partial charge in [-0.05, 0) is 41.7 Å². The Hall–Kier alpha value is -0.0800. The Labute approximate surface area is 141 Å². The molecule has 0 fully saturated rings. The molecule has 0 saturated heterocycles. The second-order valence-corrected chi connectivity index (χ2v) is 5.66. The lowest BCUT2D eigenvalue weighted by atomic mass is 10.1. The highest BCUT2D eigenvalue weighted by atomic mass is 127. The van der Waals surface area contributed by atoms with Crippen LogP contribution in [0.2, 0.25) is 0 Å². The molecule has 0 aromatic heterocycles. The van der Waals surface area contributed by atoms with Crippen molar-refractivity contribution in [2.24, 2.45) is 4.99 Å². The molecule has 0 atom stereocenters. The molecule has 0 aliphatic carbocycles. The highest BCUT2D eigenvalue weighted by Gasteiger charge is 2.15. The van der Waals surface area contributed by atoms with Crippen LogP contribution in [0, 0.1) is 0 Å². The van der Waals surface area contributed by atoms with Crippen LogP contribution in [0.15, 0.2) is 4.99 Å². The van der Waals surface area contributed by atoms with Crippen LogP contribution >= 0.6 is 24.0 Å². The lowest BCUT2D eigenvalue weighted by molar-refractivity contribution is 0.0310. The van der Waals surface area contributed by atoms with E-state index >= 15 is 0 Å². The molecule has 0 aliphatic heterocycles. The van der Waals surface area contributed by atoms with Crippen molar-refractivity contribution in [3.05, 3.63) is 0 Å². The van der Waals surface area contributed by atoms with E-state index in [0.717, 1.165) is 25.6 Å². The molecule has 6 heteroatoms. The van der Waals surface area contributed by atoms with Gasteiger partial charge in [-0.25, -0.2) is 0 Å². The van der Waals surface area contributed by atoms with Gasteiger partial charge in [-0.15, -0.1) is 24.0 Å². The van der Waals surface area contributed by atoms with Gasteiger partial charge in [-0.3, -0.25) is 4.99 Å². The number of aliphatic imine (C=N–C) groups is 1. The van der Waals surface area contributed by atoms with Gasteiger partial charge >= 0.3 is 0 Å². The van der Waals surface area contributed by atoms with Crippen molar-refractivity contribution in [2.45, 2.75) is 46.3 Å². The Morgan fingerprint density at radius 3 is 2.35 bits per heavy atom. The zero-order valence-electron chi connectivity index (χ0n) is 14.1. The summed E-state index contributed by atoms with van der Waals surface area (Å²) in [5.41, 5.74) is -0.225. The highest BCUT2D eigenvalue weighted by Crippen LogP contribution is 2.06. The van der Waals surface area contributed by atoms with E-state index in [1.807, 2.05) is 13.8 Å². The van der Waals surface area contributed by atoms with Gasteiger partial charge in [0.15, 0.2) is 5.96 Å². The molecular weight excluding hydrogens is 367 g/mol. The van der Waals surface area contributed by atoms with E-state index in [9.17, 15) is 0 Å². The van der Waals surface area contributed by atoms with Crippen LogP contribution in [0.1, 0.15) is 34.6 Å². The molecule has 0 rings (SSSR count). The third-order valence-electron chi connectivity index (χ3n) is 3.15. The number of methoxy groups -OCH3 is 1. The second-order valence-electron chi connectivity index (χ2n) is 5.66. The van der Waals surface area contributed by atoms with Crippen LogP contribution in [0.5, 0.6) is 0 Å². The average Bonchev–Trinajstić information content (AvgIpc) is 2.35. The maximum atomic E-state index is 5.37. The molecule has 0 amide bonds. The van der Waals surface area contributed by atoms with Crippen LogP contribution in [-0.2, 0) is 4.74 Å². The topological polar surface area (TPSA) is 48.9 Å². The van der Waals surface area contributed by atoms with E-state index in [0.29, 0.717) is 12.6 Å². The second kappa shape index (κ2) is 11.6. The van der Waals surface area contributed by atoms with Crippen LogP contribution in [0.4, 0.5) is 0 Å². The third-order valence-corrected chi connectivity index (χ3v) is 3.15. The highest BCUT2D eigenvalue weighted by molar-refractivity contribution is 14.0. The molecule has 2 N–H and O–H groups in total. The van der Waals surface area contributed by atoms with E-state index in [2.05, 4.69) is 48.3 Å². The first-order valence-electron chi connectivity index (χ1n) is 7.10. The number of hydrogen-bond donors (Lipinski definition) is 2. The van der Waals surface area contributed by atoms with E-state index in [1.165, 1.54) is 0 Å². The van der Waals surface area contributed by atoms with Crippen molar-refractivity contribution >= 4 is 29.9 Å². The number of likely N-dealkylation sites (N-methyl/N-ethyl adjacent to an activating group) is 1. The van der Waals surface area contributed by atoms with E-state index < -0.39 is 0 Å². The molecule has 0 aromatic rings. The number of nitrogens with one attached hydrogen (secondary N) is 2. The summed E-state index contributed by atoms with van der Waals surface area (Å²) < 4.78 is 5.37. The molecule has 0 bridgehead atoms. The van der Waals surface area contributed by atoms with Gasteiger partial charge in [-0.1, -0.05) is 0 Å².